The van der Waals surface area contributed by atoms with Gasteiger partial charge in [-0.1, -0.05) is 38.1 Å². The molecule has 2 aromatic carbocycles. The summed E-state index contributed by atoms with van der Waals surface area (Å²) in [5, 5.41) is 10.1. The molecule has 1 aliphatic heterocycles. The Morgan fingerprint density at radius 1 is 1.03 bits per heavy atom. The number of aromatic hydroxyl groups is 1. The highest BCUT2D eigenvalue weighted by atomic mass is 16.5. The molecule has 0 spiro atoms. The second-order valence-electron chi connectivity index (χ2n) is 9.13. The van der Waals surface area contributed by atoms with E-state index in [9.17, 15) is 5.11 Å². The normalized spacial score (nSPS) is 15.5. The van der Waals surface area contributed by atoms with E-state index in [0.717, 1.165) is 50.6 Å². The molecule has 0 bridgehead atoms. The van der Waals surface area contributed by atoms with E-state index in [0.29, 0.717) is 17.6 Å². The van der Waals surface area contributed by atoms with Gasteiger partial charge in [0.05, 0.1) is 14.2 Å². The second kappa shape index (κ2) is 11.4. The number of nitrogens with zero attached hydrogens (tertiary/aromatic N) is 2. The Balaban J connectivity index is 1.54. The minimum Gasteiger partial charge on any atom is -0.504 e. The van der Waals surface area contributed by atoms with Crippen LogP contribution in [0, 0.1) is 11.8 Å². The van der Waals surface area contributed by atoms with E-state index in [1.54, 1.807) is 14.2 Å². The summed E-state index contributed by atoms with van der Waals surface area (Å²) in [5.41, 5.74) is 2.40. The number of ether oxygens (including phenoxy) is 2. The van der Waals surface area contributed by atoms with Gasteiger partial charge in [0.1, 0.15) is 5.75 Å². The molecular formula is C26H38N2O3. The minimum atomic E-state index is 0.217. The SMILES string of the molecule is COc1ccc(CN(CC(C)C)CC2CCN(Cc3ccccc3OC)CC2)cc1O. The van der Waals surface area contributed by atoms with Crippen molar-refractivity contribution in [3.05, 3.63) is 53.6 Å². The van der Waals surface area contributed by atoms with Gasteiger partial charge < -0.3 is 14.6 Å². The summed E-state index contributed by atoms with van der Waals surface area (Å²) in [7, 11) is 3.33. The maximum Gasteiger partial charge on any atom is 0.160 e. The monoisotopic (exact) mass is 426 g/mol. The van der Waals surface area contributed by atoms with E-state index in [1.165, 1.54) is 18.4 Å². The maximum atomic E-state index is 10.1. The van der Waals surface area contributed by atoms with Gasteiger partial charge in [0, 0.05) is 31.7 Å². The van der Waals surface area contributed by atoms with Crippen LogP contribution >= 0.6 is 0 Å². The van der Waals surface area contributed by atoms with Gasteiger partial charge in [-0.3, -0.25) is 9.80 Å². The Labute approximate surface area is 187 Å². The van der Waals surface area contributed by atoms with Gasteiger partial charge >= 0.3 is 0 Å². The van der Waals surface area contributed by atoms with E-state index < -0.39 is 0 Å². The van der Waals surface area contributed by atoms with Gasteiger partial charge in [-0.05, 0) is 61.5 Å². The largest absolute Gasteiger partial charge is 0.504 e. The van der Waals surface area contributed by atoms with Gasteiger partial charge in [0.2, 0.25) is 0 Å². The van der Waals surface area contributed by atoms with Gasteiger partial charge in [-0.15, -0.1) is 0 Å². The lowest BCUT2D eigenvalue weighted by atomic mass is 9.95. The zero-order chi connectivity index (χ0) is 22.2. The van der Waals surface area contributed by atoms with Crippen LogP contribution in [-0.2, 0) is 13.1 Å². The first kappa shape index (κ1) is 23.4. The van der Waals surface area contributed by atoms with Gasteiger partial charge in [-0.2, -0.15) is 0 Å². The van der Waals surface area contributed by atoms with E-state index >= 15 is 0 Å². The van der Waals surface area contributed by atoms with Crippen molar-refractivity contribution in [3.8, 4) is 17.2 Å². The first-order valence-corrected chi connectivity index (χ1v) is 11.4. The van der Waals surface area contributed by atoms with E-state index in [4.69, 9.17) is 9.47 Å². The van der Waals surface area contributed by atoms with Crippen molar-refractivity contribution in [3.63, 3.8) is 0 Å². The molecule has 0 amide bonds. The first-order valence-electron chi connectivity index (χ1n) is 11.4. The average Bonchev–Trinajstić information content (AvgIpc) is 2.75. The van der Waals surface area contributed by atoms with Crippen LogP contribution in [0.25, 0.3) is 0 Å². The van der Waals surface area contributed by atoms with Crippen LogP contribution in [0.3, 0.4) is 0 Å². The molecule has 1 fully saturated rings. The molecule has 31 heavy (non-hydrogen) atoms. The number of hydrogen-bond acceptors (Lipinski definition) is 5. The highest BCUT2D eigenvalue weighted by molar-refractivity contribution is 5.41. The Hall–Kier alpha value is -2.24. The molecule has 2 aromatic rings. The van der Waals surface area contributed by atoms with Crippen molar-refractivity contribution in [1.82, 2.24) is 9.80 Å². The smallest absolute Gasteiger partial charge is 0.160 e. The maximum absolute atomic E-state index is 10.1. The van der Waals surface area contributed by atoms with Crippen LogP contribution in [0.5, 0.6) is 17.2 Å². The summed E-state index contributed by atoms with van der Waals surface area (Å²) in [6, 6.07) is 14.1. The van der Waals surface area contributed by atoms with E-state index in [2.05, 4.69) is 41.8 Å². The Morgan fingerprint density at radius 2 is 1.74 bits per heavy atom. The predicted octanol–water partition coefficient (Wildman–Crippen LogP) is 4.78. The number of piperidine rings is 1. The predicted molar refractivity (Wildman–Crippen MR) is 126 cm³/mol. The number of likely N-dealkylation sites (tertiary alicyclic amines) is 1. The summed E-state index contributed by atoms with van der Waals surface area (Å²) in [4.78, 5) is 5.09. The number of benzene rings is 2. The van der Waals surface area contributed by atoms with Gasteiger partial charge in [-0.25, -0.2) is 0 Å². The Kier molecular flexibility index (Phi) is 8.61. The average molecular weight is 427 g/mol. The molecule has 0 unspecified atom stereocenters. The summed E-state index contributed by atoms with van der Waals surface area (Å²) in [6.45, 7) is 10.8. The summed E-state index contributed by atoms with van der Waals surface area (Å²) in [5.74, 6) is 3.04. The number of para-hydroxylation sites is 1. The highest BCUT2D eigenvalue weighted by Gasteiger charge is 2.23. The molecule has 1 aliphatic rings. The van der Waals surface area contributed by atoms with Crippen LogP contribution in [0.2, 0.25) is 0 Å². The third-order valence-corrected chi connectivity index (χ3v) is 6.08. The molecule has 0 radical (unpaired) electrons. The zero-order valence-corrected chi connectivity index (χ0v) is 19.5. The molecule has 5 heteroatoms. The number of rotatable bonds is 10. The molecule has 0 atom stereocenters. The van der Waals surface area contributed by atoms with Crippen molar-refractivity contribution < 1.29 is 14.6 Å². The molecule has 3 rings (SSSR count). The Morgan fingerprint density at radius 3 is 2.39 bits per heavy atom. The molecule has 1 heterocycles. The van der Waals surface area contributed by atoms with E-state index in [1.807, 2.05) is 24.3 Å². The molecule has 0 aliphatic carbocycles. The zero-order valence-electron chi connectivity index (χ0n) is 19.5. The molecular weight excluding hydrogens is 388 g/mol. The standard InChI is InChI=1S/C26H38N2O3/c1-20(2)16-28(18-22-9-10-26(31-4)24(29)15-22)17-21-11-13-27(14-12-21)19-23-7-5-6-8-25(23)30-3/h5-10,15,20-21,29H,11-14,16-19H2,1-4H3. The number of hydrogen-bond donors (Lipinski definition) is 1. The first-order chi connectivity index (χ1) is 15.0. The van der Waals surface area contributed by atoms with Crippen molar-refractivity contribution in [1.29, 1.82) is 0 Å². The Bertz CT molecular complexity index is 816. The number of phenolic OH excluding ortho intramolecular Hbond substituents is 1. The van der Waals surface area contributed by atoms with Crippen LogP contribution in [-0.4, -0.2) is 55.3 Å². The molecule has 170 valence electrons. The fourth-order valence-corrected chi connectivity index (χ4v) is 4.58. The third-order valence-electron chi connectivity index (χ3n) is 6.08. The van der Waals surface area contributed by atoms with Crippen LogP contribution in [0.15, 0.2) is 42.5 Å². The van der Waals surface area contributed by atoms with Crippen molar-refractivity contribution in [2.24, 2.45) is 11.8 Å². The lowest BCUT2D eigenvalue weighted by molar-refractivity contribution is 0.128. The molecule has 0 saturated carbocycles. The minimum absolute atomic E-state index is 0.217. The van der Waals surface area contributed by atoms with Gasteiger partial charge in [0.25, 0.3) is 0 Å². The van der Waals surface area contributed by atoms with Crippen molar-refractivity contribution in [2.45, 2.75) is 39.8 Å². The van der Waals surface area contributed by atoms with Crippen LogP contribution in [0.1, 0.15) is 37.8 Å². The summed E-state index contributed by atoms with van der Waals surface area (Å²) < 4.78 is 10.7. The highest BCUT2D eigenvalue weighted by Crippen LogP contribution is 2.28. The quantitative estimate of drug-likeness (QED) is 0.592. The topological polar surface area (TPSA) is 45.2 Å². The number of methoxy groups -OCH3 is 2. The molecule has 5 nitrogen and oxygen atoms in total. The third kappa shape index (κ3) is 6.88. The fourth-order valence-electron chi connectivity index (χ4n) is 4.58. The van der Waals surface area contributed by atoms with Crippen molar-refractivity contribution in [2.75, 3.05) is 40.4 Å². The molecule has 0 aromatic heterocycles. The van der Waals surface area contributed by atoms with Gasteiger partial charge in [0.15, 0.2) is 11.5 Å². The molecule has 1 N–H and O–H groups in total. The second-order valence-corrected chi connectivity index (χ2v) is 9.13. The van der Waals surface area contributed by atoms with Crippen LogP contribution in [0.4, 0.5) is 0 Å². The van der Waals surface area contributed by atoms with E-state index in [-0.39, 0.29) is 5.75 Å². The summed E-state index contributed by atoms with van der Waals surface area (Å²) >= 11 is 0. The lowest BCUT2D eigenvalue weighted by Crippen LogP contribution is -2.39. The number of phenols is 1. The van der Waals surface area contributed by atoms with Crippen molar-refractivity contribution >= 4 is 0 Å². The van der Waals surface area contributed by atoms with Crippen LogP contribution < -0.4 is 9.47 Å². The summed E-state index contributed by atoms with van der Waals surface area (Å²) in [6.07, 6.45) is 2.44. The molecule has 1 saturated heterocycles. The fraction of sp³-hybridized carbons (Fsp3) is 0.538. The lowest BCUT2D eigenvalue weighted by Gasteiger charge is -2.35.